The highest BCUT2D eigenvalue weighted by Crippen LogP contribution is 2.23. The topological polar surface area (TPSA) is 44.9 Å². The van der Waals surface area contributed by atoms with E-state index in [4.69, 9.17) is 0 Å². The summed E-state index contributed by atoms with van der Waals surface area (Å²) >= 11 is 0. The van der Waals surface area contributed by atoms with Crippen molar-refractivity contribution < 1.29 is 9.18 Å². The maximum atomic E-state index is 13.6. The van der Waals surface area contributed by atoms with Crippen LogP contribution in [-0.2, 0) is 17.6 Å². The Hall–Kier alpha value is -2.88. The number of rotatable bonds is 7. The number of unbranched alkanes of at least 4 members (excludes halogenated alkanes) is 1. The van der Waals surface area contributed by atoms with Crippen LogP contribution in [0.4, 0.5) is 4.39 Å². The molecular weight excluding hydrogens is 339 g/mol. The zero-order valence-corrected chi connectivity index (χ0v) is 15.8. The van der Waals surface area contributed by atoms with Crippen molar-refractivity contribution in [3.63, 3.8) is 0 Å². The average Bonchev–Trinajstić information content (AvgIpc) is 3.01. The number of H-pyrrole nitrogens is 1. The van der Waals surface area contributed by atoms with Crippen LogP contribution in [0.2, 0.25) is 0 Å². The molecule has 27 heavy (non-hydrogen) atoms. The molecule has 3 aromatic rings. The number of aryl methyl sites for hydroxylation is 3. The second kappa shape index (κ2) is 8.67. The van der Waals surface area contributed by atoms with Gasteiger partial charge in [0.1, 0.15) is 0 Å². The van der Waals surface area contributed by atoms with E-state index in [9.17, 15) is 9.18 Å². The van der Waals surface area contributed by atoms with Crippen molar-refractivity contribution in [2.24, 2.45) is 0 Å². The number of amides is 1. The largest absolute Gasteiger partial charge is 0.358 e. The Bertz CT molecular complexity index is 954. The number of hydrogen-bond donors (Lipinski definition) is 2. The van der Waals surface area contributed by atoms with E-state index < -0.39 is 11.7 Å². The molecule has 0 bridgehead atoms. The van der Waals surface area contributed by atoms with Gasteiger partial charge in [0.05, 0.1) is 0 Å². The number of benzene rings is 2. The van der Waals surface area contributed by atoms with Crippen LogP contribution in [-0.4, -0.2) is 17.9 Å². The molecule has 0 atom stereocenters. The number of hydrogen-bond acceptors (Lipinski definition) is 1. The summed E-state index contributed by atoms with van der Waals surface area (Å²) in [6, 6.07) is 16.1. The molecule has 0 aliphatic carbocycles. The lowest BCUT2D eigenvalue weighted by Crippen LogP contribution is -2.17. The summed E-state index contributed by atoms with van der Waals surface area (Å²) < 4.78 is 13.6. The van der Waals surface area contributed by atoms with E-state index in [0.29, 0.717) is 5.56 Å². The lowest BCUT2D eigenvalue weighted by atomic mass is 10.0. The van der Waals surface area contributed by atoms with Crippen LogP contribution < -0.4 is 5.32 Å². The molecule has 1 amide bonds. The van der Waals surface area contributed by atoms with Gasteiger partial charge in [0.2, 0.25) is 0 Å². The van der Waals surface area contributed by atoms with Crippen molar-refractivity contribution in [2.45, 2.75) is 32.6 Å². The summed E-state index contributed by atoms with van der Waals surface area (Å²) in [5.74, 6) is -1.48. The molecule has 140 valence electrons. The standard InChI is InChI=1S/C23H25FN2O/c1-16-19(20-9-5-6-10-22(20)26-16)8-4-3-7-17-11-13-18(14-12-17)15-21(24)23(27)25-2/h5-6,9-15,26H,3-4,7-8H2,1-2H3,(H,25,27)/b21-15+. The first-order valence-electron chi connectivity index (χ1n) is 9.33. The molecule has 0 radical (unpaired) electrons. The Kier molecular flexibility index (Phi) is 6.07. The molecule has 2 N–H and O–H groups in total. The Balaban J connectivity index is 1.53. The Labute approximate surface area is 159 Å². The highest BCUT2D eigenvalue weighted by atomic mass is 19.1. The molecule has 0 saturated heterocycles. The van der Waals surface area contributed by atoms with Crippen LogP contribution in [0.5, 0.6) is 0 Å². The first kappa shape index (κ1) is 18.9. The summed E-state index contributed by atoms with van der Waals surface area (Å²) in [4.78, 5) is 14.7. The number of aromatic nitrogens is 1. The number of nitrogens with one attached hydrogen (secondary N) is 2. The molecule has 4 heteroatoms. The first-order valence-corrected chi connectivity index (χ1v) is 9.33. The highest BCUT2D eigenvalue weighted by Gasteiger charge is 2.08. The zero-order chi connectivity index (χ0) is 19.2. The molecular formula is C23H25FN2O. The van der Waals surface area contributed by atoms with Crippen LogP contribution in [0.15, 0.2) is 54.4 Å². The second-order valence-electron chi connectivity index (χ2n) is 6.79. The van der Waals surface area contributed by atoms with Crippen molar-refractivity contribution in [3.8, 4) is 0 Å². The summed E-state index contributed by atoms with van der Waals surface area (Å²) in [5.41, 5.74) is 5.79. The average molecular weight is 364 g/mol. The molecule has 0 aliphatic rings. The molecule has 0 aliphatic heterocycles. The molecule has 3 rings (SSSR count). The van der Waals surface area contributed by atoms with E-state index in [0.717, 1.165) is 25.7 Å². The summed E-state index contributed by atoms with van der Waals surface area (Å²) in [7, 11) is 1.41. The normalized spacial score (nSPS) is 11.7. The monoisotopic (exact) mass is 364 g/mol. The number of para-hydroxylation sites is 1. The van der Waals surface area contributed by atoms with E-state index in [1.807, 2.05) is 24.3 Å². The predicted octanol–water partition coefficient (Wildman–Crippen LogP) is 5.10. The number of likely N-dealkylation sites (N-methyl/N-ethyl adjacent to an activating group) is 1. The van der Waals surface area contributed by atoms with Crippen LogP contribution in [0, 0.1) is 6.92 Å². The molecule has 2 aromatic carbocycles. The third kappa shape index (κ3) is 4.64. The molecule has 0 fully saturated rings. The quantitative estimate of drug-likeness (QED) is 0.445. The van der Waals surface area contributed by atoms with E-state index in [-0.39, 0.29) is 0 Å². The third-order valence-corrected chi connectivity index (χ3v) is 4.89. The Morgan fingerprint density at radius 1 is 1.07 bits per heavy atom. The minimum absolute atomic E-state index is 0.689. The van der Waals surface area contributed by atoms with Gasteiger partial charge >= 0.3 is 0 Å². The van der Waals surface area contributed by atoms with Crippen LogP contribution >= 0.6 is 0 Å². The molecule has 0 saturated carbocycles. The maximum absolute atomic E-state index is 13.6. The van der Waals surface area contributed by atoms with Crippen molar-refractivity contribution >= 4 is 22.9 Å². The fourth-order valence-electron chi connectivity index (χ4n) is 3.40. The fourth-order valence-corrected chi connectivity index (χ4v) is 3.40. The Morgan fingerprint density at radius 2 is 1.78 bits per heavy atom. The zero-order valence-electron chi connectivity index (χ0n) is 15.8. The van der Waals surface area contributed by atoms with E-state index >= 15 is 0 Å². The number of aromatic amines is 1. The molecule has 1 aromatic heterocycles. The molecule has 1 heterocycles. The second-order valence-corrected chi connectivity index (χ2v) is 6.79. The lowest BCUT2D eigenvalue weighted by Gasteiger charge is -2.04. The van der Waals surface area contributed by atoms with Crippen molar-refractivity contribution in [1.82, 2.24) is 10.3 Å². The van der Waals surface area contributed by atoms with E-state index in [1.54, 1.807) is 0 Å². The summed E-state index contributed by atoms with van der Waals surface area (Å²) in [5, 5.41) is 3.60. The van der Waals surface area contributed by atoms with Gasteiger partial charge in [0, 0.05) is 23.6 Å². The molecule has 0 spiro atoms. The highest BCUT2D eigenvalue weighted by molar-refractivity contribution is 5.95. The van der Waals surface area contributed by atoms with E-state index in [1.165, 1.54) is 40.8 Å². The molecule has 0 unspecified atom stereocenters. The van der Waals surface area contributed by atoms with Gasteiger partial charge in [-0.15, -0.1) is 0 Å². The van der Waals surface area contributed by atoms with Crippen LogP contribution in [0.3, 0.4) is 0 Å². The summed E-state index contributed by atoms with van der Waals surface area (Å²) in [6.07, 6.45) is 5.52. The van der Waals surface area contributed by atoms with E-state index in [2.05, 4.69) is 41.5 Å². The van der Waals surface area contributed by atoms with Gasteiger partial charge in [-0.3, -0.25) is 4.79 Å². The minimum Gasteiger partial charge on any atom is -0.358 e. The number of fused-ring (bicyclic) bond motifs is 1. The van der Waals surface area contributed by atoms with Gasteiger partial charge in [-0.1, -0.05) is 42.5 Å². The van der Waals surface area contributed by atoms with Gasteiger partial charge in [-0.2, -0.15) is 0 Å². The summed E-state index contributed by atoms with van der Waals surface area (Å²) in [6.45, 7) is 2.14. The predicted molar refractivity (Wildman–Crippen MR) is 109 cm³/mol. The minimum atomic E-state index is -0.778. The lowest BCUT2D eigenvalue weighted by molar-refractivity contribution is -0.118. The van der Waals surface area contributed by atoms with Crippen molar-refractivity contribution in [3.05, 3.63) is 76.7 Å². The van der Waals surface area contributed by atoms with Crippen LogP contribution in [0.1, 0.15) is 35.2 Å². The van der Waals surface area contributed by atoms with Crippen molar-refractivity contribution in [1.29, 1.82) is 0 Å². The van der Waals surface area contributed by atoms with Gasteiger partial charge in [-0.05, 0) is 61.4 Å². The Morgan fingerprint density at radius 3 is 2.52 bits per heavy atom. The van der Waals surface area contributed by atoms with Gasteiger partial charge in [-0.25, -0.2) is 4.39 Å². The van der Waals surface area contributed by atoms with Gasteiger partial charge < -0.3 is 10.3 Å². The maximum Gasteiger partial charge on any atom is 0.279 e. The SMILES string of the molecule is CNC(=O)/C(F)=C\c1ccc(CCCCc2c(C)[nH]c3ccccc23)cc1. The smallest absolute Gasteiger partial charge is 0.279 e. The first-order chi connectivity index (χ1) is 13.1. The number of carbonyl (C=O) groups excluding carboxylic acids is 1. The number of halogens is 1. The van der Waals surface area contributed by atoms with Crippen molar-refractivity contribution in [2.75, 3.05) is 7.05 Å². The fraction of sp³-hybridized carbons (Fsp3) is 0.261. The molecule has 3 nitrogen and oxygen atoms in total. The van der Waals surface area contributed by atoms with Gasteiger partial charge in [0.25, 0.3) is 5.91 Å². The number of carbonyl (C=O) groups is 1. The third-order valence-electron chi connectivity index (χ3n) is 4.89. The van der Waals surface area contributed by atoms with Gasteiger partial charge in [0.15, 0.2) is 5.83 Å². The van der Waals surface area contributed by atoms with Crippen LogP contribution in [0.25, 0.3) is 17.0 Å².